The largest absolute Gasteiger partial charge is 0.494 e. The Kier molecular flexibility index (Phi) is 4.68. The Morgan fingerprint density at radius 1 is 1.35 bits per heavy atom. The van der Waals surface area contributed by atoms with Gasteiger partial charge in [0.1, 0.15) is 5.75 Å². The van der Waals surface area contributed by atoms with Crippen LogP contribution >= 0.6 is 0 Å². The standard InChI is InChI=1S/C14H22N2O/c1-2-10-17-14-7-5-12(6-8-14)16-11-13-4-3-9-15-13/h5-8,13,15-16H,2-4,9-11H2,1H3. The van der Waals surface area contributed by atoms with Crippen molar-refractivity contribution in [3.05, 3.63) is 24.3 Å². The Balaban J connectivity index is 1.76. The van der Waals surface area contributed by atoms with E-state index in [4.69, 9.17) is 4.74 Å². The van der Waals surface area contributed by atoms with E-state index in [9.17, 15) is 0 Å². The first-order chi connectivity index (χ1) is 8.38. The molecule has 1 heterocycles. The molecule has 1 saturated heterocycles. The average Bonchev–Trinajstić information content (AvgIpc) is 2.88. The first-order valence-electron chi connectivity index (χ1n) is 6.58. The minimum Gasteiger partial charge on any atom is -0.494 e. The van der Waals surface area contributed by atoms with E-state index in [2.05, 4.69) is 29.7 Å². The van der Waals surface area contributed by atoms with E-state index in [1.807, 2.05) is 12.1 Å². The number of hydrogen-bond acceptors (Lipinski definition) is 3. The normalized spacial score (nSPS) is 19.2. The topological polar surface area (TPSA) is 33.3 Å². The highest BCUT2D eigenvalue weighted by atomic mass is 16.5. The summed E-state index contributed by atoms with van der Waals surface area (Å²) in [6.45, 7) is 5.08. The lowest BCUT2D eigenvalue weighted by molar-refractivity contribution is 0.317. The lowest BCUT2D eigenvalue weighted by Gasteiger charge is -2.13. The van der Waals surface area contributed by atoms with E-state index in [-0.39, 0.29) is 0 Å². The maximum atomic E-state index is 5.55. The molecule has 1 aromatic rings. The van der Waals surface area contributed by atoms with Gasteiger partial charge in [0.25, 0.3) is 0 Å². The summed E-state index contributed by atoms with van der Waals surface area (Å²) in [5.41, 5.74) is 1.17. The van der Waals surface area contributed by atoms with E-state index < -0.39 is 0 Å². The highest BCUT2D eigenvalue weighted by Crippen LogP contribution is 2.16. The number of ether oxygens (including phenoxy) is 1. The van der Waals surface area contributed by atoms with Crippen LogP contribution in [0, 0.1) is 0 Å². The summed E-state index contributed by atoms with van der Waals surface area (Å²) in [6.07, 6.45) is 3.63. The predicted molar refractivity (Wildman–Crippen MR) is 71.7 cm³/mol. The van der Waals surface area contributed by atoms with Crippen LogP contribution < -0.4 is 15.4 Å². The minimum absolute atomic E-state index is 0.631. The van der Waals surface area contributed by atoms with Gasteiger partial charge in [-0.15, -0.1) is 0 Å². The zero-order valence-corrected chi connectivity index (χ0v) is 10.5. The third-order valence-corrected chi connectivity index (χ3v) is 3.04. The zero-order valence-electron chi connectivity index (χ0n) is 10.5. The summed E-state index contributed by atoms with van der Waals surface area (Å²) in [4.78, 5) is 0. The summed E-state index contributed by atoms with van der Waals surface area (Å²) in [6, 6.07) is 8.85. The second-order valence-corrected chi connectivity index (χ2v) is 4.55. The summed E-state index contributed by atoms with van der Waals surface area (Å²) in [5.74, 6) is 0.955. The fourth-order valence-corrected chi connectivity index (χ4v) is 2.06. The van der Waals surface area contributed by atoms with Gasteiger partial charge < -0.3 is 15.4 Å². The molecule has 0 spiro atoms. The maximum absolute atomic E-state index is 5.55. The monoisotopic (exact) mass is 234 g/mol. The highest BCUT2D eigenvalue weighted by molar-refractivity contribution is 5.46. The van der Waals surface area contributed by atoms with Crippen LogP contribution in [-0.2, 0) is 0 Å². The molecule has 0 aliphatic carbocycles. The van der Waals surface area contributed by atoms with Crippen molar-refractivity contribution in [2.24, 2.45) is 0 Å². The molecule has 0 saturated carbocycles. The fourth-order valence-electron chi connectivity index (χ4n) is 2.06. The van der Waals surface area contributed by atoms with Gasteiger partial charge in [-0.1, -0.05) is 6.92 Å². The van der Waals surface area contributed by atoms with Gasteiger partial charge in [0.2, 0.25) is 0 Å². The summed E-state index contributed by atoms with van der Waals surface area (Å²) in [7, 11) is 0. The Hall–Kier alpha value is -1.22. The third kappa shape index (κ3) is 3.93. The smallest absolute Gasteiger partial charge is 0.119 e. The number of anilines is 1. The van der Waals surface area contributed by atoms with Crippen LogP contribution in [0.2, 0.25) is 0 Å². The maximum Gasteiger partial charge on any atom is 0.119 e. The number of hydrogen-bond donors (Lipinski definition) is 2. The highest BCUT2D eigenvalue weighted by Gasteiger charge is 2.12. The van der Waals surface area contributed by atoms with Crippen molar-refractivity contribution in [2.45, 2.75) is 32.2 Å². The first kappa shape index (κ1) is 12.2. The van der Waals surface area contributed by atoms with E-state index in [1.165, 1.54) is 18.5 Å². The van der Waals surface area contributed by atoms with Gasteiger partial charge in [-0.25, -0.2) is 0 Å². The van der Waals surface area contributed by atoms with E-state index in [0.29, 0.717) is 6.04 Å². The quantitative estimate of drug-likeness (QED) is 0.794. The number of benzene rings is 1. The van der Waals surface area contributed by atoms with Crippen molar-refractivity contribution in [3.8, 4) is 5.75 Å². The van der Waals surface area contributed by atoms with Gasteiger partial charge in [0.15, 0.2) is 0 Å². The zero-order chi connectivity index (χ0) is 11.9. The molecule has 0 radical (unpaired) electrons. The Morgan fingerprint density at radius 3 is 2.82 bits per heavy atom. The van der Waals surface area contributed by atoms with Crippen LogP contribution in [0.5, 0.6) is 5.75 Å². The van der Waals surface area contributed by atoms with Crippen molar-refractivity contribution in [1.82, 2.24) is 5.32 Å². The molecule has 1 aliphatic heterocycles. The molecule has 2 rings (SSSR count). The second kappa shape index (κ2) is 6.50. The van der Waals surface area contributed by atoms with Crippen LogP contribution in [0.1, 0.15) is 26.2 Å². The van der Waals surface area contributed by atoms with Crippen molar-refractivity contribution in [3.63, 3.8) is 0 Å². The molecule has 17 heavy (non-hydrogen) atoms. The molecule has 1 unspecified atom stereocenters. The summed E-state index contributed by atoms with van der Waals surface area (Å²) < 4.78 is 5.55. The molecule has 0 amide bonds. The SMILES string of the molecule is CCCOc1ccc(NCC2CCCN2)cc1. The van der Waals surface area contributed by atoms with Crippen LogP contribution in [0.3, 0.4) is 0 Å². The van der Waals surface area contributed by atoms with Crippen molar-refractivity contribution >= 4 is 5.69 Å². The van der Waals surface area contributed by atoms with E-state index in [1.54, 1.807) is 0 Å². The van der Waals surface area contributed by atoms with E-state index >= 15 is 0 Å². The van der Waals surface area contributed by atoms with Crippen molar-refractivity contribution in [2.75, 3.05) is 25.0 Å². The number of rotatable bonds is 6. The van der Waals surface area contributed by atoms with Gasteiger partial charge in [-0.3, -0.25) is 0 Å². The second-order valence-electron chi connectivity index (χ2n) is 4.55. The van der Waals surface area contributed by atoms with Gasteiger partial charge in [0, 0.05) is 18.3 Å². The van der Waals surface area contributed by atoms with Crippen LogP contribution in [-0.4, -0.2) is 25.7 Å². The Bertz CT molecular complexity index is 317. The van der Waals surface area contributed by atoms with Crippen LogP contribution in [0.15, 0.2) is 24.3 Å². The molecule has 0 bridgehead atoms. The summed E-state index contributed by atoms with van der Waals surface area (Å²) in [5, 5.41) is 6.93. The van der Waals surface area contributed by atoms with Crippen molar-refractivity contribution < 1.29 is 4.74 Å². The molecule has 1 aromatic carbocycles. The molecule has 1 fully saturated rings. The number of nitrogens with one attached hydrogen (secondary N) is 2. The molecule has 1 atom stereocenters. The third-order valence-electron chi connectivity index (χ3n) is 3.04. The Labute approximate surface area is 104 Å². The van der Waals surface area contributed by atoms with Gasteiger partial charge in [-0.2, -0.15) is 0 Å². The van der Waals surface area contributed by atoms with Gasteiger partial charge >= 0.3 is 0 Å². The molecule has 3 heteroatoms. The molecule has 3 nitrogen and oxygen atoms in total. The first-order valence-corrected chi connectivity index (χ1v) is 6.58. The van der Waals surface area contributed by atoms with Gasteiger partial charge in [-0.05, 0) is 50.1 Å². The van der Waals surface area contributed by atoms with Crippen LogP contribution in [0.25, 0.3) is 0 Å². The molecular weight excluding hydrogens is 212 g/mol. The predicted octanol–water partition coefficient (Wildman–Crippen LogP) is 2.64. The summed E-state index contributed by atoms with van der Waals surface area (Å²) >= 11 is 0. The van der Waals surface area contributed by atoms with E-state index in [0.717, 1.165) is 31.9 Å². The Morgan fingerprint density at radius 2 is 2.18 bits per heavy atom. The lowest BCUT2D eigenvalue weighted by atomic mass is 10.2. The molecule has 94 valence electrons. The molecular formula is C14H22N2O. The van der Waals surface area contributed by atoms with Crippen molar-refractivity contribution in [1.29, 1.82) is 0 Å². The molecule has 1 aliphatic rings. The lowest BCUT2D eigenvalue weighted by Crippen LogP contribution is -2.29. The molecule has 2 N–H and O–H groups in total. The minimum atomic E-state index is 0.631. The fraction of sp³-hybridized carbons (Fsp3) is 0.571. The van der Waals surface area contributed by atoms with Crippen LogP contribution in [0.4, 0.5) is 5.69 Å². The molecule has 0 aromatic heterocycles. The average molecular weight is 234 g/mol. The van der Waals surface area contributed by atoms with Gasteiger partial charge in [0.05, 0.1) is 6.61 Å².